The molecule has 0 aliphatic heterocycles. The van der Waals surface area contributed by atoms with Crippen molar-refractivity contribution in [3.8, 4) is 0 Å². The van der Waals surface area contributed by atoms with Crippen LogP contribution in [0.25, 0.3) is 0 Å². The highest BCUT2D eigenvalue weighted by Crippen LogP contribution is 2.32. The van der Waals surface area contributed by atoms with Crippen LogP contribution in [0.5, 0.6) is 0 Å². The molecule has 3 N–H and O–H groups in total. The van der Waals surface area contributed by atoms with Crippen LogP contribution in [-0.4, -0.2) is 15.1 Å². The lowest BCUT2D eigenvalue weighted by Crippen LogP contribution is -2.12. The van der Waals surface area contributed by atoms with Crippen molar-refractivity contribution in [2.45, 2.75) is 45.3 Å². The van der Waals surface area contributed by atoms with Gasteiger partial charge < -0.3 is 10.8 Å². The number of aliphatic hydroxyl groups excluding tert-OH is 1. The minimum Gasteiger partial charge on any atom is -0.388 e. The third-order valence-electron chi connectivity index (χ3n) is 2.82. The van der Waals surface area contributed by atoms with E-state index >= 15 is 0 Å². The van der Waals surface area contributed by atoms with Gasteiger partial charge in [0.2, 0.25) is 0 Å². The maximum Gasteiger partial charge on any atom is 0.131 e. The summed E-state index contributed by atoms with van der Waals surface area (Å²) in [7, 11) is 0. The number of aromatic nitrogens is 2. The second kappa shape index (κ2) is 3.87. The fourth-order valence-electron chi connectivity index (χ4n) is 2.00. The van der Waals surface area contributed by atoms with Crippen LogP contribution in [-0.2, 0) is 13.0 Å². The predicted octanol–water partition coefficient (Wildman–Crippen LogP) is 1.04. The van der Waals surface area contributed by atoms with Gasteiger partial charge in [0, 0.05) is 18.0 Å². The van der Waals surface area contributed by atoms with Crippen LogP contribution in [0.1, 0.15) is 55.1 Å². The quantitative estimate of drug-likeness (QED) is 0.760. The lowest BCUT2D eigenvalue weighted by molar-refractivity contribution is 0.178. The van der Waals surface area contributed by atoms with E-state index in [2.05, 4.69) is 23.8 Å². The molecule has 4 nitrogen and oxygen atoms in total. The van der Waals surface area contributed by atoms with Gasteiger partial charge in [0.05, 0.1) is 17.5 Å². The number of aryl methyl sites for hydroxylation is 1. The van der Waals surface area contributed by atoms with E-state index in [1.54, 1.807) is 0 Å². The third-order valence-corrected chi connectivity index (χ3v) is 2.82. The van der Waals surface area contributed by atoms with Crippen molar-refractivity contribution in [1.82, 2.24) is 9.97 Å². The second-order valence-corrected chi connectivity index (χ2v) is 4.30. The summed E-state index contributed by atoms with van der Waals surface area (Å²) < 4.78 is 0. The van der Waals surface area contributed by atoms with Gasteiger partial charge in [0.25, 0.3) is 0 Å². The van der Waals surface area contributed by atoms with E-state index < -0.39 is 6.10 Å². The SMILES string of the molecule is CC(C)c1nc(CN)c2c(n1)CCC2O. The summed E-state index contributed by atoms with van der Waals surface area (Å²) in [5, 5.41) is 9.79. The molecule has 1 heterocycles. The van der Waals surface area contributed by atoms with Gasteiger partial charge in [-0.1, -0.05) is 13.8 Å². The van der Waals surface area contributed by atoms with Gasteiger partial charge in [-0.2, -0.15) is 0 Å². The first-order chi connectivity index (χ1) is 7.13. The Morgan fingerprint density at radius 2 is 2.20 bits per heavy atom. The molecule has 1 aromatic rings. The number of nitrogens with zero attached hydrogens (tertiary/aromatic N) is 2. The Morgan fingerprint density at radius 3 is 2.80 bits per heavy atom. The summed E-state index contributed by atoms with van der Waals surface area (Å²) in [5.74, 6) is 1.14. The largest absolute Gasteiger partial charge is 0.388 e. The Labute approximate surface area is 89.6 Å². The standard InChI is InChI=1S/C11H17N3O/c1-6(2)11-13-7-3-4-9(15)10(7)8(5-12)14-11/h6,9,15H,3-5,12H2,1-2H3. The number of nitrogens with two attached hydrogens (primary N) is 1. The summed E-state index contributed by atoms with van der Waals surface area (Å²) in [4.78, 5) is 8.90. The molecule has 1 aromatic heterocycles. The van der Waals surface area contributed by atoms with Crippen LogP contribution >= 0.6 is 0 Å². The van der Waals surface area contributed by atoms with E-state index in [-0.39, 0.29) is 0 Å². The molecule has 0 bridgehead atoms. The van der Waals surface area contributed by atoms with Gasteiger partial charge in [0.15, 0.2) is 0 Å². The summed E-state index contributed by atoms with van der Waals surface area (Å²) >= 11 is 0. The first-order valence-electron chi connectivity index (χ1n) is 5.41. The Morgan fingerprint density at radius 1 is 1.47 bits per heavy atom. The van der Waals surface area contributed by atoms with Crippen molar-refractivity contribution >= 4 is 0 Å². The van der Waals surface area contributed by atoms with Gasteiger partial charge in [-0.3, -0.25) is 0 Å². The lowest BCUT2D eigenvalue weighted by atomic mass is 10.1. The van der Waals surface area contributed by atoms with Gasteiger partial charge in [-0.05, 0) is 12.8 Å². The minimum absolute atomic E-state index is 0.304. The first kappa shape index (κ1) is 10.5. The van der Waals surface area contributed by atoms with E-state index in [9.17, 15) is 5.11 Å². The Bertz CT molecular complexity index is 376. The summed E-state index contributed by atoms with van der Waals surface area (Å²) in [6, 6.07) is 0. The second-order valence-electron chi connectivity index (χ2n) is 4.30. The lowest BCUT2D eigenvalue weighted by Gasteiger charge is -2.12. The van der Waals surface area contributed by atoms with Crippen LogP contribution < -0.4 is 5.73 Å². The van der Waals surface area contributed by atoms with Crippen LogP contribution in [0.15, 0.2) is 0 Å². The van der Waals surface area contributed by atoms with E-state index in [0.29, 0.717) is 12.5 Å². The number of hydrogen-bond donors (Lipinski definition) is 2. The average Bonchev–Trinajstić information content (AvgIpc) is 2.59. The number of fused-ring (bicyclic) bond motifs is 1. The first-order valence-corrected chi connectivity index (χ1v) is 5.41. The maximum absolute atomic E-state index is 9.79. The fraction of sp³-hybridized carbons (Fsp3) is 0.636. The molecule has 15 heavy (non-hydrogen) atoms. The summed E-state index contributed by atoms with van der Waals surface area (Å²) in [5.41, 5.74) is 8.33. The number of rotatable bonds is 2. The van der Waals surface area contributed by atoms with Crippen molar-refractivity contribution in [1.29, 1.82) is 0 Å². The highest BCUT2D eigenvalue weighted by Gasteiger charge is 2.26. The Balaban J connectivity index is 2.53. The van der Waals surface area contributed by atoms with Crippen LogP contribution in [0.2, 0.25) is 0 Å². The van der Waals surface area contributed by atoms with Crippen molar-refractivity contribution in [3.05, 3.63) is 22.8 Å². The minimum atomic E-state index is -0.417. The topological polar surface area (TPSA) is 72.0 Å². The average molecular weight is 207 g/mol. The molecule has 1 aliphatic rings. The molecule has 0 saturated heterocycles. The Kier molecular flexibility index (Phi) is 2.71. The van der Waals surface area contributed by atoms with Crippen LogP contribution in [0.3, 0.4) is 0 Å². The van der Waals surface area contributed by atoms with Gasteiger partial charge in [-0.15, -0.1) is 0 Å². The molecule has 82 valence electrons. The zero-order valence-corrected chi connectivity index (χ0v) is 9.20. The molecule has 0 spiro atoms. The van der Waals surface area contributed by atoms with Crippen LogP contribution in [0, 0.1) is 0 Å². The predicted molar refractivity (Wildman–Crippen MR) is 57.3 cm³/mol. The Hall–Kier alpha value is -1.00. The van der Waals surface area contributed by atoms with E-state index in [0.717, 1.165) is 35.6 Å². The number of aliphatic hydroxyl groups is 1. The van der Waals surface area contributed by atoms with Crippen molar-refractivity contribution in [3.63, 3.8) is 0 Å². The molecule has 1 unspecified atom stereocenters. The molecular formula is C11H17N3O. The molecule has 0 fully saturated rings. The van der Waals surface area contributed by atoms with E-state index in [4.69, 9.17) is 5.73 Å². The zero-order chi connectivity index (χ0) is 11.0. The summed E-state index contributed by atoms with van der Waals surface area (Å²) in [6.45, 7) is 4.50. The van der Waals surface area contributed by atoms with Crippen molar-refractivity contribution < 1.29 is 5.11 Å². The van der Waals surface area contributed by atoms with Gasteiger partial charge in [-0.25, -0.2) is 9.97 Å². The summed E-state index contributed by atoms with van der Waals surface area (Å²) in [6.07, 6.45) is 1.17. The van der Waals surface area contributed by atoms with Crippen LogP contribution in [0.4, 0.5) is 0 Å². The smallest absolute Gasteiger partial charge is 0.131 e. The van der Waals surface area contributed by atoms with Gasteiger partial charge >= 0.3 is 0 Å². The normalized spacial score (nSPS) is 19.7. The molecule has 0 radical (unpaired) electrons. The molecule has 1 atom stereocenters. The molecule has 4 heteroatoms. The molecule has 1 aliphatic carbocycles. The van der Waals surface area contributed by atoms with E-state index in [1.807, 2.05) is 0 Å². The molecule has 0 aromatic carbocycles. The third kappa shape index (κ3) is 1.75. The molecule has 2 rings (SSSR count). The van der Waals surface area contributed by atoms with Crippen molar-refractivity contribution in [2.75, 3.05) is 0 Å². The molecule has 0 saturated carbocycles. The number of hydrogen-bond acceptors (Lipinski definition) is 4. The van der Waals surface area contributed by atoms with Crippen molar-refractivity contribution in [2.24, 2.45) is 5.73 Å². The maximum atomic E-state index is 9.79. The highest BCUT2D eigenvalue weighted by atomic mass is 16.3. The van der Waals surface area contributed by atoms with E-state index in [1.165, 1.54) is 0 Å². The molecular weight excluding hydrogens is 190 g/mol. The molecule has 0 amide bonds. The zero-order valence-electron chi connectivity index (χ0n) is 9.20. The fourth-order valence-corrected chi connectivity index (χ4v) is 2.00. The van der Waals surface area contributed by atoms with Gasteiger partial charge in [0.1, 0.15) is 5.82 Å². The highest BCUT2D eigenvalue weighted by molar-refractivity contribution is 5.32. The monoisotopic (exact) mass is 207 g/mol.